The average molecular weight is 386 g/mol. The lowest BCUT2D eigenvalue weighted by molar-refractivity contribution is 0.196. The molecule has 4 rings (SSSR count). The molecule has 146 valence electrons. The molecule has 4 heterocycles. The second-order valence-corrected chi connectivity index (χ2v) is 6.39. The van der Waals surface area contributed by atoms with Gasteiger partial charge in [-0.15, -0.1) is 0 Å². The van der Waals surface area contributed by atoms with E-state index in [2.05, 4.69) is 25.3 Å². The highest BCUT2D eigenvalue weighted by molar-refractivity contribution is 5.73. The van der Waals surface area contributed by atoms with E-state index in [9.17, 15) is 9.18 Å². The van der Waals surface area contributed by atoms with E-state index in [1.54, 1.807) is 12.4 Å². The van der Waals surface area contributed by atoms with Crippen molar-refractivity contribution in [1.82, 2.24) is 24.9 Å². The van der Waals surface area contributed by atoms with Gasteiger partial charge in [0.15, 0.2) is 5.75 Å². The highest BCUT2D eigenvalue weighted by atomic mass is 19.1. The van der Waals surface area contributed by atoms with Crippen LogP contribution in [0.5, 0.6) is 5.75 Å². The molecule has 10 heteroatoms. The maximum atomic E-state index is 13.6. The molecule has 1 fully saturated rings. The molecule has 1 atom stereocenters. The summed E-state index contributed by atoms with van der Waals surface area (Å²) in [7, 11) is 0. The number of amides is 1. The zero-order valence-electron chi connectivity index (χ0n) is 15.0. The first-order chi connectivity index (χ1) is 13.7. The number of aromatic nitrogens is 4. The number of pyridine rings is 1. The fourth-order valence-electron chi connectivity index (χ4n) is 3.36. The molecule has 1 amide bonds. The second kappa shape index (κ2) is 7.77. The summed E-state index contributed by atoms with van der Waals surface area (Å²) in [4.78, 5) is 22.4. The van der Waals surface area contributed by atoms with Gasteiger partial charge in [0.2, 0.25) is 5.65 Å². The molecule has 0 bridgehead atoms. The molecule has 0 radical (unpaired) electrons. The summed E-state index contributed by atoms with van der Waals surface area (Å²) >= 11 is 0. The standard InChI is InChI=1S/C18H19FN6O3/c19-13-8-12(9-20-10-13)14-2-1-5-24(14)16-3-6-25-17(23-16)15(11-22-25)28-18(27)21-4-7-26/h3,6,8-11,14,26H,1-2,4-5,7H2,(H,21,27)/t14-/m1/s1. The van der Waals surface area contributed by atoms with Crippen molar-refractivity contribution in [2.45, 2.75) is 18.9 Å². The number of carbonyl (C=O) groups excluding carboxylic acids is 1. The number of aliphatic hydroxyl groups excluding tert-OH is 1. The van der Waals surface area contributed by atoms with Gasteiger partial charge < -0.3 is 20.1 Å². The van der Waals surface area contributed by atoms with Crippen LogP contribution in [0, 0.1) is 5.82 Å². The Morgan fingerprint density at radius 1 is 1.39 bits per heavy atom. The van der Waals surface area contributed by atoms with E-state index >= 15 is 0 Å². The number of rotatable bonds is 5. The number of nitrogens with one attached hydrogen (secondary N) is 1. The summed E-state index contributed by atoms with van der Waals surface area (Å²) in [5.41, 5.74) is 1.19. The molecule has 1 aliphatic heterocycles. The Kier molecular flexibility index (Phi) is 5.02. The van der Waals surface area contributed by atoms with Gasteiger partial charge in [-0.25, -0.2) is 18.7 Å². The Morgan fingerprint density at radius 2 is 2.29 bits per heavy atom. The smallest absolute Gasteiger partial charge is 0.405 e. The lowest BCUT2D eigenvalue weighted by Gasteiger charge is -2.26. The Morgan fingerprint density at radius 3 is 3.11 bits per heavy atom. The summed E-state index contributed by atoms with van der Waals surface area (Å²) in [5, 5.41) is 15.3. The van der Waals surface area contributed by atoms with E-state index in [-0.39, 0.29) is 30.8 Å². The lowest BCUT2D eigenvalue weighted by Crippen LogP contribution is -2.29. The van der Waals surface area contributed by atoms with Crippen molar-refractivity contribution in [2.24, 2.45) is 0 Å². The van der Waals surface area contributed by atoms with Crippen molar-refractivity contribution in [3.63, 3.8) is 0 Å². The summed E-state index contributed by atoms with van der Waals surface area (Å²) in [5.74, 6) is 0.522. The summed E-state index contributed by atoms with van der Waals surface area (Å²) < 4.78 is 20.3. The summed E-state index contributed by atoms with van der Waals surface area (Å²) in [6.07, 6.45) is 7.11. The molecule has 0 unspecified atom stereocenters. The van der Waals surface area contributed by atoms with Crippen LogP contribution in [0.4, 0.5) is 15.0 Å². The van der Waals surface area contributed by atoms with Gasteiger partial charge in [0.1, 0.15) is 11.6 Å². The third kappa shape index (κ3) is 3.58. The molecule has 9 nitrogen and oxygen atoms in total. The topological polar surface area (TPSA) is 105 Å². The minimum atomic E-state index is -0.693. The summed E-state index contributed by atoms with van der Waals surface area (Å²) in [6, 6.07) is 3.28. The SMILES string of the molecule is O=C(NCCO)Oc1cnn2ccc(N3CCC[C@@H]3c3cncc(F)c3)nc12. The third-order valence-electron chi connectivity index (χ3n) is 4.56. The fourth-order valence-corrected chi connectivity index (χ4v) is 3.36. The van der Waals surface area contributed by atoms with Crippen LogP contribution in [0.25, 0.3) is 5.65 Å². The quantitative estimate of drug-likeness (QED) is 0.687. The normalized spacial score (nSPS) is 16.5. The number of fused-ring (bicyclic) bond motifs is 1. The maximum absolute atomic E-state index is 13.6. The van der Waals surface area contributed by atoms with Crippen LogP contribution in [-0.4, -0.2) is 50.5 Å². The molecular weight excluding hydrogens is 367 g/mol. The number of nitrogens with zero attached hydrogens (tertiary/aromatic N) is 5. The minimum absolute atomic E-state index is 0.0294. The molecule has 3 aromatic heterocycles. The molecule has 0 aromatic carbocycles. The van der Waals surface area contributed by atoms with Crippen LogP contribution in [0.1, 0.15) is 24.4 Å². The molecule has 1 saturated heterocycles. The minimum Gasteiger partial charge on any atom is -0.405 e. The Bertz CT molecular complexity index is 994. The monoisotopic (exact) mass is 386 g/mol. The van der Waals surface area contributed by atoms with Gasteiger partial charge in [0.25, 0.3) is 0 Å². The van der Waals surface area contributed by atoms with Gasteiger partial charge in [-0.2, -0.15) is 5.10 Å². The fraction of sp³-hybridized carbons (Fsp3) is 0.333. The predicted octanol–water partition coefficient (Wildman–Crippen LogP) is 1.69. The molecule has 1 aliphatic rings. The number of hydrogen-bond donors (Lipinski definition) is 2. The second-order valence-electron chi connectivity index (χ2n) is 6.39. The van der Waals surface area contributed by atoms with Gasteiger partial charge in [-0.05, 0) is 30.5 Å². The largest absolute Gasteiger partial charge is 0.412 e. The van der Waals surface area contributed by atoms with Crippen molar-refractivity contribution in [2.75, 3.05) is 24.6 Å². The van der Waals surface area contributed by atoms with E-state index in [0.29, 0.717) is 11.5 Å². The molecule has 0 aliphatic carbocycles. The van der Waals surface area contributed by atoms with Gasteiger partial charge in [-0.1, -0.05) is 0 Å². The van der Waals surface area contributed by atoms with E-state index in [1.807, 2.05) is 6.07 Å². The Hall–Kier alpha value is -3.27. The van der Waals surface area contributed by atoms with Gasteiger partial charge in [0.05, 0.1) is 25.0 Å². The van der Waals surface area contributed by atoms with E-state index < -0.39 is 6.09 Å². The van der Waals surface area contributed by atoms with Crippen molar-refractivity contribution >= 4 is 17.6 Å². The number of halogens is 1. The van der Waals surface area contributed by atoms with Crippen LogP contribution in [0.2, 0.25) is 0 Å². The van der Waals surface area contributed by atoms with Gasteiger partial charge in [-0.3, -0.25) is 4.98 Å². The van der Waals surface area contributed by atoms with E-state index in [1.165, 1.54) is 23.0 Å². The van der Waals surface area contributed by atoms with Crippen LogP contribution >= 0.6 is 0 Å². The zero-order valence-corrected chi connectivity index (χ0v) is 15.0. The number of ether oxygens (including phenoxy) is 1. The van der Waals surface area contributed by atoms with Crippen molar-refractivity contribution in [1.29, 1.82) is 0 Å². The number of hydrogen-bond acceptors (Lipinski definition) is 7. The molecule has 3 aromatic rings. The Labute approximate surface area is 159 Å². The number of anilines is 1. The van der Waals surface area contributed by atoms with Crippen LogP contribution in [-0.2, 0) is 0 Å². The highest BCUT2D eigenvalue weighted by Gasteiger charge is 2.28. The molecular formula is C18H19FN6O3. The van der Waals surface area contributed by atoms with Crippen LogP contribution < -0.4 is 15.0 Å². The number of carbonyl (C=O) groups is 1. The molecule has 28 heavy (non-hydrogen) atoms. The third-order valence-corrected chi connectivity index (χ3v) is 4.56. The van der Waals surface area contributed by atoms with Gasteiger partial charge in [0, 0.05) is 25.5 Å². The first-order valence-corrected chi connectivity index (χ1v) is 8.94. The van der Waals surface area contributed by atoms with Crippen LogP contribution in [0.15, 0.2) is 36.9 Å². The first-order valence-electron chi connectivity index (χ1n) is 8.94. The highest BCUT2D eigenvalue weighted by Crippen LogP contribution is 2.35. The summed E-state index contributed by atoms with van der Waals surface area (Å²) in [6.45, 7) is 0.678. The van der Waals surface area contributed by atoms with E-state index in [0.717, 1.165) is 24.9 Å². The molecule has 0 spiro atoms. The Balaban J connectivity index is 1.61. The molecule has 2 N–H and O–H groups in total. The molecule has 0 saturated carbocycles. The lowest BCUT2D eigenvalue weighted by atomic mass is 10.1. The zero-order chi connectivity index (χ0) is 19.5. The van der Waals surface area contributed by atoms with Crippen molar-refractivity contribution in [3.8, 4) is 5.75 Å². The van der Waals surface area contributed by atoms with Gasteiger partial charge >= 0.3 is 6.09 Å². The predicted molar refractivity (Wildman–Crippen MR) is 97.6 cm³/mol. The van der Waals surface area contributed by atoms with Crippen LogP contribution in [0.3, 0.4) is 0 Å². The van der Waals surface area contributed by atoms with Crippen molar-refractivity contribution in [3.05, 3.63) is 48.3 Å². The first kappa shape index (κ1) is 18.1. The average Bonchev–Trinajstić information content (AvgIpc) is 3.33. The number of aliphatic hydroxyl groups is 1. The maximum Gasteiger partial charge on any atom is 0.412 e. The van der Waals surface area contributed by atoms with E-state index in [4.69, 9.17) is 9.84 Å². The van der Waals surface area contributed by atoms with Crippen molar-refractivity contribution < 1.29 is 19.0 Å².